The van der Waals surface area contributed by atoms with Gasteiger partial charge in [-0.3, -0.25) is 0 Å². The molecule has 0 aliphatic heterocycles. The molecule has 2 N–H and O–H groups in total. The van der Waals surface area contributed by atoms with Gasteiger partial charge in [0.15, 0.2) is 0 Å². The fraction of sp³-hybridized carbons (Fsp3) is 0.417. The number of fused-ring (bicyclic) bond motifs is 1. The molecule has 1 aromatic heterocycles. The van der Waals surface area contributed by atoms with Gasteiger partial charge in [0.05, 0.1) is 11.0 Å². The number of nitrogens with two attached hydrogens (primary N) is 1. The molecule has 0 saturated heterocycles. The van der Waals surface area contributed by atoms with E-state index in [2.05, 4.69) is 29.5 Å². The normalized spacial score (nSPS) is 12.3. The Bertz CT molecular complexity index is 483. The predicted octanol–water partition coefficient (Wildman–Crippen LogP) is 1.81. The number of rotatable bonds is 2. The van der Waals surface area contributed by atoms with Crippen LogP contribution in [0.5, 0.6) is 0 Å². The first-order valence-corrected chi connectivity index (χ1v) is 5.18. The molecule has 0 saturated carbocycles. The van der Waals surface area contributed by atoms with Crippen LogP contribution in [-0.2, 0) is 12.5 Å². The molecule has 80 valence electrons. The zero-order valence-electron chi connectivity index (χ0n) is 9.49. The van der Waals surface area contributed by atoms with Crippen LogP contribution in [0.2, 0.25) is 0 Å². The SMILES string of the molecule is Cn1c(C(C)(C)CN)nc2ccccc21. The number of hydrogen-bond acceptors (Lipinski definition) is 2. The fourth-order valence-electron chi connectivity index (χ4n) is 1.84. The number of nitrogens with zero attached hydrogens (tertiary/aromatic N) is 2. The maximum Gasteiger partial charge on any atom is 0.116 e. The van der Waals surface area contributed by atoms with Crippen molar-refractivity contribution in [2.75, 3.05) is 6.54 Å². The lowest BCUT2D eigenvalue weighted by atomic mass is 9.93. The van der Waals surface area contributed by atoms with Crippen molar-refractivity contribution in [3.05, 3.63) is 30.1 Å². The van der Waals surface area contributed by atoms with E-state index in [1.165, 1.54) is 0 Å². The number of benzene rings is 1. The summed E-state index contributed by atoms with van der Waals surface area (Å²) in [7, 11) is 2.04. The predicted molar refractivity (Wildman–Crippen MR) is 62.8 cm³/mol. The van der Waals surface area contributed by atoms with Crippen molar-refractivity contribution < 1.29 is 0 Å². The van der Waals surface area contributed by atoms with Gasteiger partial charge in [-0.1, -0.05) is 26.0 Å². The van der Waals surface area contributed by atoms with Crippen molar-refractivity contribution in [1.82, 2.24) is 9.55 Å². The van der Waals surface area contributed by atoms with Gasteiger partial charge in [0, 0.05) is 19.0 Å². The third kappa shape index (κ3) is 1.53. The molecule has 0 spiro atoms. The highest BCUT2D eigenvalue weighted by atomic mass is 15.1. The highest BCUT2D eigenvalue weighted by Gasteiger charge is 2.24. The summed E-state index contributed by atoms with van der Waals surface area (Å²) in [6.07, 6.45) is 0. The second-order valence-electron chi connectivity index (χ2n) is 4.57. The Balaban J connectivity index is 2.68. The first-order valence-electron chi connectivity index (χ1n) is 5.18. The Hall–Kier alpha value is -1.35. The fourth-order valence-corrected chi connectivity index (χ4v) is 1.84. The van der Waals surface area contributed by atoms with Crippen LogP contribution in [-0.4, -0.2) is 16.1 Å². The molecule has 3 heteroatoms. The molecule has 15 heavy (non-hydrogen) atoms. The summed E-state index contributed by atoms with van der Waals surface area (Å²) in [4.78, 5) is 4.64. The number of imidazole rings is 1. The van der Waals surface area contributed by atoms with E-state index in [0.29, 0.717) is 6.54 Å². The molecule has 2 rings (SSSR count). The lowest BCUT2D eigenvalue weighted by molar-refractivity contribution is 0.487. The van der Waals surface area contributed by atoms with Crippen molar-refractivity contribution in [1.29, 1.82) is 0 Å². The van der Waals surface area contributed by atoms with Gasteiger partial charge in [0.1, 0.15) is 5.82 Å². The van der Waals surface area contributed by atoms with Crippen LogP contribution in [0.15, 0.2) is 24.3 Å². The topological polar surface area (TPSA) is 43.8 Å². The average Bonchev–Trinajstić information content (AvgIpc) is 2.58. The zero-order chi connectivity index (χ0) is 11.1. The Kier molecular flexibility index (Phi) is 2.27. The molecule has 0 bridgehead atoms. The summed E-state index contributed by atoms with van der Waals surface area (Å²) < 4.78 is 2.13. The number of aromatic nitrogens is 2. The molecular formula is C12H17N3. The molecule has 0 aliphatic rings. The lowest BCUT2D eigenvalue weighted by Crippen LogP contribution is -2.31. The van der Waals surface area contributed by atoms with Crippen molar-refractivity contribution in [3.8, 4) is 0 Å². The minimum Gasteiger partial charge on any atom is -0.331 e. The van der Waals surface area contributed by atoms with Crippen LogP contribution in [0, 0.1) is 0 Å². The summed E-state index contributed by atoms with van der Waals surface area (Å²) >= 11 is 0. The number of para-hydroxylation sites is 2. The van der Waals surface area contributed by atoms with Gasteiger partial charge >= 0.3 is 0 Å². The summed E-state index contributed by atoms with van der Waals surface area (Å²) in [5.74, 6) is 1.05. The van der Waals surface area contributed by atoms with Gasteiger partial charge in [-0.2, -0.15) is 0 Å². The molecule has 0 unspecified atom stereocenters. The summed E-state index contributed by atoms with van der Waals surface area (Å²) in [5.41, 5.74) is 7.90. The standard InChI is InChI=1S/C12H17N3/c1-12(2,8-13)11-14-9-6-4-5-7-10(9)15(11)3/h4-7H,8,13H2,1-3H3. The Morgan fingerprint density at radius 2 is 2.00 bits per heavy atom. The summed E-state index contributed by atoms with van der Waals surface area (Å²) in [6, 6.07) is 8.15. The van der Waals surface area contributed by atoms with Crippen LogP contribution < -0.4 is 5.73 Å². The van der Waals surface area contributed by atoms with Gasteiger partial charge in [-0.05, 0) is 12.1 Å². The zero-order valence-corrected chi connectivity index (χ0v) is 9.49. The molecule has 2 aromatic rings. The van der Waals surface area contributed by atoms with Gasteiger partial charge in [-0.15, -0.1) is 0 Å². The van der Waals surface area contributed by atoms with Gasteiger partial charge in [-0.25, -0.2) is 4.98 Å². The summed E-state index contributed by atoms with van der Waals surface area (Å²) in [6.45, 7) is 4.84. The van der Waals surface area contributed by atoms with Crippen molar-refractivity contribution in [2.45, 2.75) is 19.3 Å². The highest BCUT2D eigenvalue weighted by Crippen LogP contribution is 2.24. The van der Waals surface area contributed by atoms with Gasteiger partial charge in [0.2, 0.25) is 0 Å². The quantitative estimate of drug-likeness (QED) is 0.809. The Labute approximate surface area is 89.9 Å². The Morgan fingerprint density at radius 3 is 2.60 bits per heavy atom. The minimum atomic E-state index is -0.0756. The van der Waals surface area contributed by atoms with Crippen LogP contribution in [0.25, 0.3) is 11.0 Å². The van der Waals surface area contributed by atoms with E-state index in [9.17, 15) is 0 Å². The second kappa shape index (κ2) is 3.35. The third-order valence-corrected chi connectivity index (χ3v) is 2.90. The lowest BCUT2D eigenvalue weighted by Gasteiger charge is -2.21. The largest absolute Gasteiger partial charge is 0.331 e. The second-order valence-corrected chi connectivity index (χ2v) is 4.57. The van der Waals surface area contributed by atoms with E-state index in [4.69, 9.17) is 5.73 Å². The van der Waals surface area contributed by atoms with E-state index in [1.807, 2.05) is 25.2 Å². The third-order valence-electron chi connectivity index (χ3n) is 2.90. The molecule has 0 radical (unpaired) electrons. The molecule has 0 amide bonds. The molecular weight excluding hydrogens is 186 g/mol. The molecule has 3 nitrogen and oxygen atoms in total. The van der Waals surface area contributed by atoms with Crippen LogP contribution >= 0.6 is 0 Å². The van der Waals surface area contributed by atoms with Crippen molar-refractivity contribution in [3.63, 3.8) is 0 Å². The average molecular weight is 203 g/mol. The molecule has 0 aliphatic carbocycles. The number of hydrogen-bond donors (Lipinski definition) is 1. The molecule has 0 atom stereocenters. The van der Waals surface area contributed by atoms with Crippen LogP contribution in [0.1, 0.15) is 19.7 Å². The van der Waals surface area contributed by atoms with Gasteiger partial charge < -0.3 is 10.3 Å². The molecule has 1 aromatic carbocycles. The number of aryl methyl sites for hydroxylation is 1. The maximum absolute atomic E-state index is 5.78. The van der Waals surface area contributed by atoms with Crippen LogP contribution in [0.4, 0.5) is 0 Å². The van der Waals surface area contributed by atoms with E-state index < -0.39 is 0 Å². The first kappa shape index (κ1) is 10.2. The van der Waals surface area contributed by atoms with E-state index >= 15 is 0 Å². The molecule has 0 fully saturated rings. The van der Waals surface area contributed by atoms with Crippen molar-refractivity contribution in [2.24, 2.45) is 12.8 Å². The monoisotopic (exact) mass is 203 g/mol. The van der Waals surface area contributed by atoms with Crippen LogP contribution in [0.3, 0.4) is 0 Å². The molecule has 1 heterocycles. The Morgan fingerprint density at radius 1 is 1.33 bits per heavy atom. The summed E-state index contributed by atoms with van der Waals surface area (Å²) in [5, 5.41) is 0. The van der Waals surface area contributed by atoms with E-state index in [-0.39, 0.29) is 5.41 Å². The van der Waals surface area contributed by atoms with Gasteiger partial charge in [0.25, 0.3) is 0 Å². The van der Waals surface area contributed by atoms with E-state index in [0.717, 1.165) is 16.9 Å². The maximum atomic E-state index is 5.78. The smallest absolute Gasteiger partial charge is 0.116 e. The van der Waals surface area contributed by atoms with Crippen molar-refractivity contribution >= 4 is 11.0 Å². The highest BCUT2D eigenvalue weighted by molar-refractivity contribution is 5.76. The minimum absolute atomic E-state index is 0.0756. The first-order chi connectivity index (χ1) is 7.06. The van der Waals surface area contributed by atoms with E-state index in [1.54, 1.807) is 0 Å².